The molecule has 0 bridgehead atoms. The van der Waals surface area contributed by atoms with Crippen LogP contribution in [-0.4, -0.2) is 29.6 Å². The van der Waals surface area contributed by atoms with Gasteiger partial charge in [-0.15, -0.1) is 8.80 Å². The maximum atomic E-state index is 10.7. The van der Waals surface area contributed by atoms with Crippen LogP contribution in [0.25, 0.3) is 0 Å². The normalized spacial score (nSPS) is 22.5. The van der Waals surface area contributed by atoms with E-state index in [0.29, 0.717) is 18.3 Å². The monoisotopic (exact) mass is 175 g/mol. The Bertz CT molecular complexity index is 236. The van der Waals surface area contributed by atoms with Crippen LogP contribution in [0, 0.1) is 0 Å². The van der Waals surface area contributed by atoms with Crippen molar-refractivity contribution in [1.29, 1.82) is 0 Å². The second kappa shape index (κ2) is 3.47. The molecule has 1 heterocycles. The van der Waals surface area contributed by atoms with Crippen LogP contribution in [0.15, 0.2) is 8.80 Å². The SMILES string of the molecule is CCOC1=NS(=O)N=C1NC. The van der Waals surface area contributed by atoms with Gasteiger partial charge in [-0.3, -0.25) is 0 Å². The molecule has 6 heteroatoms. The van der Waals surface area contributed by atoms with Crippen molar-refractivity contribution in [1.82, 2.24) is 5.32 Å². The second-order valence-corrected chi connectivity index (χ2v) is 2.58. The summed E-state index contributed by atoms with van der Waals surface area (Å²) in [5.74, 6) is 0.776. The third-order valence-electron chi connectivity index (χ3n) is 1.05. The summed E-state index contributed by atoms with van der Waals surface area (Å²) in [4.78, 5) is 0. The zero-order valence-electron chi connectivity index (χ0n) is 6.33. The molecule has 0 spiro atoms. The molecule has 1 atom stereocenters. The molecule has 1 unspecified atom stereocenters. The van der Waals surface area contributed by atoms with Gasteiger partial charge < -0.3 is 10.1 Å². The van der Waals surface area contributed by atoms with Crippen molar-refractivity contribution in [3.8, 4) is 0 Å². The lowest BCUT2D eigenvalue weighted by Crippen LogP contribution is -2.27. The van der Waals surface area contributed by atoms with Crippen molar-refractivity contribution in [2.24, 2.45) is 8.80 Å². The van der Waals surface area contributed by atoms with E-state index in [9.17, 15) is 4.21 Å². The molecule has 0 aromatic rings. The second-order valence-electron chi connectivity index (χ2n) is 1.75. The molecule has 1 aliphatic heterocycles. The Hall–Kier alpha value is -0.910. The van der Waals surface area contributed by atoms with Gasteiger partial charge in [0.1, 0.15) is 0 Å². The Labute approximate surface area is 67.3 Å². The largest absolute Gasteiger partial charge is 0.475 e. The van der Waals surface area contributed by atoms with Gasteiger partial charge in [-0.25, -0.2) is 4.21 Å². The van der Waals surface area contributed by atoms with Gasteiger partial charge in [-0.1, -0.05) is 0 Å². The molecular weight excluding hydrogens is 166 g/mol. The highest BCUT2D eigenvalue weighted by Crippen LogP contribution is 2.01. The maximum absolute atomic E-state index is 10.7. The molecule has 5 nitrogen and oxygen atoms in total. The maximum Gasteiger partial charge on any atom is 0.271 e. The van der Waals surface area contributed by atoms with Gasteiger partial charge in [0.15, 0.2) is 0 Å². The van der Waals surface area contributed by atoms with Crippen LogP contribution in [0.5, 0.6) is 0 Å². The van der Waals surface area contributed by atoms with Crippen molar-refractivity contribution in [2.75, 3.05) is 13.7 Å². The molecule has 62 valence electrons. The number of amidine groups is 1. The van der Waals surface area contributed by atoms with Gasteiger partial charge in [-0.2, -0.15) is 0 Å². The topological polar surface area (TPSA) is 63.0 Å². The summed E-state index contributed by atoms with van der Waals surface area (Å²) in [5.41, 5.74) is 0. The number of ether oxygens (including phenoxy) is 1. The Kier molecular flexibility index (Phi) is 2.58. The fraction of sp³-hybridized carbons (Fsp3) is 0.600. The molecule has 1 aliphatic rings. The van der Waals surface area contributed by atoms with E-state index >= 15 is 0 Å². The van der Waals surface area contributed by atoms with E-state index in [1.807, 2.05) is 6.92 Å². The van der Waals surface area contributed by atoms with E-state index in [4.69, 9.17) is 4.74 Å². The minimum atomic E-state index is -1.50. The Balaban J connectivity index is 2.72. The molecule has 0 saturated carbocycles. The van der Waals surface area contributed by atoms with E-state index in [1.165, 1.54) is 0 Å². The highest BCUT2D eigenvalue weighted by atomic mass is 32.2. The Morgan fingerprint density at radius 3 is 2.91 bits per heavy atom. The quantitative estimate of drug-likeness (QED) is 0.591. The highest BCUT2D eigenvalue weighted by Gasteiger charge is 2.17. The molecular formula is C5H9N3O2S. The number of hydrogen-bond acceptors (Lipinski definition) is 3. The summed E-state index contributed by atoms with van der Waals surface area (Å²) in [5, 5.41) is 2.73. The van der Waals surface area contributed by atoms with E-state index in [2.05, 4.69) is 14.1 Å². The molecule has 0 aliphatic carbocycles. The number of hydrogen-bond donors (Lipinski definition) is 1. The van der Waals surface area contributed by atoms with Crippen LogP contribution in [0.4, 0.5) is 0 Å². The molecule has 11 heavy (non-hydrogen) atoms. The summed E-state index contributed by atoms with van der Waals surface area (Å²) in [6.45, 7) is 2.33. The van der Waals surface area contributed by atoms with Crippen molar-refractivity contribution < 1.29 is 8.95 Å². The van der Waals surface area contributed by atoms with Crippen LogP contribution in [0.3, 0.4) is 0 Å². The molecule has 0 aromatic heterocycles. The number of nitrogens with one attached hydrogen (secondary N) is 1. The number of likely N-dealkylation sites (N-methyl/N-ethyl adjacent to an activating group) is 1. The predicted octanol–water partition coefficient (Wildman–Crippen LogP) is -0.368. The standard InChI is InChI=1S/C5H9N3O2S/c1-3-10-5-4(6-2)7-11(9)8-5/h3H2,1-2H3,(H,6,7). The average molecular weight is 175 g/mol. The Morgan fingerprint density at radius 2 is 2.36 bits per heavy atom. The van der Waals surface area contributed by atoms with Gasteiger partial charge in [0, 0.05) is 7.05 Å². The summed E-state index contributed by atoms with van der Waals surface area (Å²) in [6.07, 6.45) is 0. The zero-order valence-corrected chi connectivity index (χ0v) is 7.14. The van der Waals surface area contributed by atoms with Gasteiger partial charge in [0.25, 0.3) is 17.1 Å². The molecule has 1 rings (SSSR count). The molecule has 0 amide bonds. The lowest BCUT2D eigenvalue weighted by Gasteiger charge is -2.01. The van der Waals surface area contributed by atoms with Crippen LogP contribution in [-0.2, 0) is 15.9 Å². The first kappa shape index (κ1) is 8.19. The van der Waals surface area contributed by atoms with E-state index in [0.717, 1.165) is 0 Å². The lowest BCUT2D eigenvalue weighted by atomic mass is 10.6. The fourth-order valence-electron chi connectivity index (χ4n) is 0.636. The summed E-state index contributed by atoms with van der Waals surface area (Å²) >= 11 is -1.50. The number of nitrogens with zero attached hydrogens (tertiary/aromatic N) is 2. The van der Waals surface area contributed by atoms with E-state index < -0.39 is 11.2 Å². The predicted molar refractivity (Wildman–Crippen MR) is 43.7 cm³/mol. The van der Waals surface area contributed by atoms with Crippen molar-refractivity contribution in [3.63, 3.8) is 0 Å². The van der Waals surface area contributed by atoms with Gasteiger partial charge in [0.2, 0.25) is 5.84 Å². The minimum Gasteiger partial charge on any atom is -0.475 e. The van der Waals surface area contributed by atoms with Crippen molar-refractivity contribution in [2.45, 2.75) is 6.92 Å². The highest BCUT2D eigenvalue weighted by molar-refractivity contribution is 7.83. The first-order chi connectivity index (χ1) is 5.27. The van der Waals surface area contributed by atoms with Crippen LogP contribution < -0.4 is 5.32 Å². The van der Waals surface area contributed by atoms with Gasteiger partial charge >= 0.3 is 0 Å². The Morgan fingerprint density at radius 1 is 1.64 bits per heavy atom. The molecule has 1 N–H and O–H groups in total. The van der Waals surface area contributed by atoms with E-state index in [1.54, 1.807) is 7.05 Å². The zero-order chi connectivity index (χ0) is 8.27. The molecule has 0 saturated heterocycles. The van der Waals surface area contributed by atoms with E-state index in [-0.39, 0.29) is 0 Å². The van der Waals surface area contributed by atoms with Gasteiger partial charge in [-0.05, 0) is 6.92 Å². The summed E-state index contributed by atoms with van der Waals surface area (Å²) in [7, 11) is 1.68. The van der Waals surface area contributed by atoms with Crippen LogP contribution >= 0.6 is 0 Å². The van der Waals surface area contributed by atoms with Crippen LogP contribution in [0.1, 0.15) is 6.92 Å². The number of rotatable bonds is 1. The first-order valence-electron chi connectivity index (χ1n) is 3.18. The summed E-state index contributed by atoms with van der Waals surface area (Å²) in [6, 6.07) is 0. The third-order valence-corrected chi connectivity index (χ3v) is 1.71. The molecule has 0 radical (unpaired) electrons. The first-order valence-corrected chi connectivity index (χ1v) is 4.24. The lowest BCUT2D eigenvalue weighted by molar-refractivity contribution is 0.334. The van der Waals surface area contributed by atoms with Crippen molar-refractivity contribution >= 4 is 22.9 Å². The fourth-order valence-corrected chi connectivity index (χ4v) is 1.28. The smallest absolute Gasteiger partial charge is 0.271 e. The van der Waals surface area contributed by atoms with Gasteiger partial charge in [0.05, 0.1) is 6.61 Å². The average Bonchev–Trinajstić information content (AvgIpc) is 2.32. The summed E-state index contributed by atoms with van der Waals surface area (Å²) < 4.78 is 23.0. The van der Waals surface area contributed by atoms with Crippen LogP contribution in [0.2, 0.25) is 0 Å². The minimum absolute atomic E-state index is 0.327. The third kappa shape index (κ3) is 1.76. The molecule has 0 aromatic carbocycles. The molecule has 0 fully saturated rings. The van der Waals surface area contributed by atoms with Crippen molar-refractivity contribution in [3.05, 3.63) is 0 Å².